The first-order valence-electron chi connectivity index (χ1n) is 8.31. The molecule has 1 saturated carbocycles. The van der Waals surface area contributed by atoms with Crippen molar-refractivity contribution >= 4 is 10.0 Å². The lowest BCUT2D eigenvalue weighted by Gasteiger charge is -2.31. The van der Waals surface area contributed by atoms with E-state index in [9.17, 15) is 8.42 Å². The lowest BCUT2D eigenvalue weighted by molar-refractivity contribution is 0.0172. The highest BCUT2D eigenvalue weighted by atomic mass is 32.2. The standard InChI is InChI=1S/C17H25NO3S/c19-22(20,18-12-4-5-13-18)17-10-8-16(9-11-17)21-14-15-6-2-1-3-7-15/h1-3,6-7,16-17H,4-5,8-14H2. The summed E-state index contributed by atoms with van der Waals surface area (Å²) in [5.41, 5.74) is 1.18. The molecule has 1 aromatic rings. The van der Waals surface area contributed by atoms with E-state index < -0.39 is 10.0 Å². The zero-order valence-electron chi connectivity index (χ0n) is 13.0. The van der Waals surface area contributed by atoms with Gasteiger partial charge < -0.3 is 4.74 Å². The summed E-state index contributed by atoms with van der Waals surface area (Å²) in [6.07, 6.45) is 5.39. The van der Waals surface area contributed by atoms with Crippen LogP contribution in [0.2, 0.25) is 0 Å². The third-order valence-electron chi connectivity index (χ3n) is 4.80. The molecule has 0 aromatic heterocycles. The molecule has 0 radical (unpaired) electrons. The highest BCUT2D eigenvalue weighted by Crippen LogP contribution is 2.30. The van der Waals surface area contributed by atoms with Crippen molar-refractivity contribution < 1.29 is 13.2 Å². The molecule has 0 atom stereocenters. The van der Waals surface area contributed by atoms with Crippen LogP contribution in [0.15, 0.2) is 30.3 Å². The maximum Gasteiger partial charge on any atom is 0.216 e. The fraction of sp³-hybridized carbons (Fsp3) is 0.647. The molecule has 1 aliphatic heterocycles. The van der Waals surface area contributed by atoms with Gasteiger partial charge in [0.1, 0.15) is 0 Å². The second-order valence-electron chi connectivity index (χ2n) is 6.35. The number of rotatable bonds is 5. The van der Waals surface area contributed by atoms with Crippen molar-refractivity contribution in [3.8, 4) is 0 Å². The molecule has 1 saturated heterocycles. The molecular weight excluding hydrogens is 298 g/mol. The SMILES string of the molecule is O=S(=O)(C1CCC(OCc2ccccc2)CC1)N1CCCC1. The fourth-order valence-electron chi connectivity index (χ4n) is 3.44. The summed E-state index contributed by atoms with van der Waals surface area (Å²) in [6, 6.07) is 10.1. The Kier molecular flexibility index (Phi) is 5.16. The van der Waals surface area contributed by atoms with E-state index in [0.29, 0.717) is 19.7 Å². The van der Waals surface area contributed by atoms with Crippen LogP contribution >= 0.6 is 0 Å². The average Bonchev–Trinajstić information content (AvgIpc) is 3.10. The van der Waals surface area contributed by atoms with E-state index in [1.54, 1.807) is 4.31 Å². The van der Waals surface area contributed by atoms with Crippen LogP contribution in [-0.4, -0.2) is 37.2 Å². The molecule has 0 spiro atoms. The van der Waals surface area contributed by atoms with E-state index in [2.05, 4.69) is 12.1 Å². The third-order valence-corrected chi connectivity index (χ3v) is 7.19. The van der Waals surface area contributed by atoms with Crippen LogP contribution in [0, 0.1) is 0 Å². The Bertz CT molecular complexity index is 559. The molecule has 0 unspecified atom stereocenters. The van der Waals surface area contributed by atoms with E-state index in [-0.39, 0.29) is 11.4 Å². The molecule has 1 heterocycles. The number of sulfonamides is 1. The summed E-state index contributed by atoms with van der Waals surface area (Å²) < 4.78 is 32.8. The molecule has 0 bridgehead atoms. The summed E-state index contributed by atoms with van der Waals surface area (Å²) in [7, 11) is -3.07. The maximum atomic E-state index is 12.6. The Hall–Kier alpha value is -0.910. The van der Waals surface area contributed by atoms with Gasteiger partial charge in [-0.25, -0.2) is 12.7 Å². The highest BCUT2D eigenvalue weighted by molar-refractivity contribution is 7.89. The van der Waals surface area contributed by atoms with Gasteiger partial charge in [-0.05, 0) is 44.1 Å². The Morgan fingerprint density at radius 1 is 1.00 bits per heavy atom. The number of nitrogens with zero attached hydrogens (tertiary/aromatic N) is 1. The number of benzene rings is 1. The van der Waals surface area contributed by atoms with Crippen molar-refractivity contribution in [2.24, 2.45) is 0 Å². The van der Waals surface area contributed by atoms with Gasteiger partial charge in [-0.15, -0.1) is 0 Å². The van der Waals surface area contributed by atoms with Crippen LogP contribution < -0.4 is 0 Å². The molecule has 1 aromatic carbocycles. The molecule has 5 heteroatoms. The first-order chi connectivity index (χ1) is 10.7. The van der Waals surface area contributed by atoms with Crippen molar-refractivity contribution in [2.75, 3.05) is 13.1 Å². The van der Waals surface area contributed by atoms with E-state index in [0.717, 1.165) is 38.5 Å². The third kappa shape index (κ3) is 3.70. The van der Waals surface area contributed by atoms with Crippen LogP contribution in [0.5, 0.6) is 0 Å². The summed E-state index contributed by atoms with van der Waals surface area (Å²) in [5, 5.41) is -0.192. The fourth-order valence-corrected chi connectivity index (χ4v) is 5.50. The number of hydrogen-bond donors (Lipinski definition) is 0. The predicted octanol–water partition coefficient (Wildman–Crippen LogP) is 2.94. The number of hydrogen-bond acceptors (Lipinski definition) is 3. The lowest BCUT2D eigenvalue weighted by Crippen LogP contribution is -2.39. The van der Waals surface area contributed by atoms with Crippen LogP contribution in [0.4, 0.5) is 0 Å². The molecule has 2 aliphatic rings. The van der Waals surface area contributed by atoms with Gasteiger partial charge >= 0.3 is 0 Å². The largest absolute Gasteiger partial charge is 0.374 e. The van der Waals surface area contributed by atoms with Gasteiger partial charge in [-0.1, -0.05) is 30.3 Å². The minimum Gasteiger partial charge on any atom is -0.374 e. The van der Waals surface area contributed by atoms with Crippen LogP contribution in [0.3, 0.4) is 0 Å². The van der Waals surface area contributed by atoms with Gasteiger partial charge in [0.05, 0.1) is 18.0 Å². The maximum absolute atomic E-state index is 12.6. The van der Waals surface area contributed by atoms with Crippen molar-refractivity contribution in [2.45, 2.75) is 56.5 Å². The van der Waals surface area contributed by atoms with Crippen LogP contribution in [0.1, 0.15) is 44.1 Å². The van der Waals surface area contributed by atoms with Crippen LogP contribution in [-0.2, 0) is 21.4 Å². The molecule has 2 fully saturated rings. The smallest absolute Gasteiger partial charge is 0.216 e. The van der Waals surface area contributed by atoms with Gasteiger partial charge in [0.2, 0.25) is 10.0 Å². The van der Waals surface area contributed by atoms with Crippen LogP contribution in [0.25, 0.3) is 0 Å². The monoisotopic (exact) mass is 323 g/mol. The minimum atomic E-state index is -3.07. The second kappa shape index (κ2) is 7.11. The second-order valence-corrected chi connectivity index (χ2v) is 8.56. The van der Waals surface area contributed by atoms with Crippen molar-refractivity contribution in [3.63, 3.8) is 0 Å². The Morgan fingerprint density at radius 2 is 1.64 bits per heavy atom. The zero-order valence-corrected chi connectivity index (χ0v) is 13.8. The summed E-state index contributed by atoms with van der Waals surface area (Å²) in [4.78, 5) is 0. The summed E-state index contributed by atoms with van der Waals surface area (Å²) in [6.45, 7) is 2.05. The van der Waals surface area contributed by atoms with Crippen molar-refractivity contribution in [1.82, 2.24) is 4.31 Å². The molecule has 0 N–H and O–H groups in total. The van der Waals surface area contributed by atoms with Gasteiger partial charge in [0.25, 0.3) is 0 Å². The van der Waals surface area contributed by atoms with E-state index in [4.69, 9.17) is 4.74 Å². The Balaban J connectivity index is 1.48. The van der Waals surface area contributed by atoms with Gasteiger partial charge in [-0.3, -0.25) is 0 Å². The number of ether oxygens (including phenoxy) is 1. The molecule has 22 heavy (non-hydrogen) atoms. The van der Waals surface area contributed by atoms with E-state index in [1.807, 2.05) is 18.2 Å². The average molecular weight is 323 g/mol. The molecule has 3 rings (SSSR count). The molecule has 0 amide bonds. The Labute approximate surface area is 133 Å². The summed E-state index contributed by atoms with van der Waals surface area (Å²) in [5.74, 6) is 0. The first-order valence-corrected chi connectivity index (χ1v) is 9.81. The highest BCUT2D eigenvalue weighted by Gasteiger charge is 2.36. The van der Waals surface area contributed by atoms with Gasteiger partial charge in [0, 0.05) is 13.1 Å². The molecule has 1 aliphatic carbocycles. The van der Waals surface area contributed by atoms with Gasteiger partial charge in [-0.2, -0.15) is 0 Å². The first kappa shape index (κ1) is 16.0. The van der Waals surface area contributed by atoms with Crippen molar-refractivity contribution in [3.05, 3.63) is 35.9 Å². The van der Waals surface area contributed by atoms with E-state index in [1.165, 1.54) is 5.56 Å². The zero-order chi connectivity index (χ0) is 15.4. The molecular formula is C17H25NO3S. The van der Waals surface area contributed by atoms with E-state index >= 15 is 0 Å². The van der Waals surface area contributed by atoms with Gasteiger partial charge in [0.15, 0.2) is 0 Å². The normalized spacial score (nSPS) is 27.1. The molecule has 4 nitrogen and oxygen atoms in total. The predicted molar refractivity (Wildman–Crippen MR) is 87.0 cm³/mol. The Morgan fingerprint density at radius 3 is 2.27 bits per heavy atom. The topological polar surface area (TPSA) is 46.6 Å². The lowest BCUT2D eigenvalue weighted by atomic mass is 9.97. The quantitative estimate of drug-likeness (QED) is 0.837. The molecule has 122 valence electrons. The minimum absolute atomic E-state index is 0.192. The summed E-state index contributed by atoms with van der Waals surface area (Å²) >= 11 is 0. The van der Waals surface area contributed by atoms with Crippen molar-refractivity contribution in [1.29, 1.82) is 0 Å².